The summed E-state index contributed by atoms with van der Waals surface area (Å²) in [5, 5.41) is 0.738. The molecule has 2 aromatic heterocycles. The van der Waals surface area contributed by atoms with E-state index in [1.807, 2.05) is 32.0 Å². The highest BCUT2D eigenvalue weighted by Crippen LogP contribution is 2.29. The third-order valence-corrected chi connectivity index (χ3v) is 6.36. The van der Waals surface area contributed by atoms with Gasteiger partial charge in [0.1, 0.15) is 16.4 Å². The number of fused-ring (bicyclic) bond motifs is 1. The van der Waals surface area contributed by atoms with E-state index in [0.717, 1.165) is 64.1 Å². The quantitative estimate of drug-likeness (QED) is 0.749. The number of hydrogen-bond donors (Lipinski definition) is 1. The number of nitrogens with one attached hydrogen (secondary N) is 1. The Kier molecular flexibility index (Phi) is 4.88. The van der Waals surface area contributed by atoms with Crippen LogP contribution in [0, 0.1) is 13.8 Å². The van der Waals surface area contributed by atoms with Gasteiger partial charge >= 0.3 is 0 Å². The number of aryl methyl sites for hydroxylation is 2. The van der Waals surface area contributed by atoms with Gasteiger partial charge in [0, 0.05) is 31.1 Å². The van der Waals surface area contributed by atoms with Gasteiger partial charge in [-0.25, -0.2) is 4.98 Å². The second kappa shape index (κ2) is 7.32. The van der Waals surface area contributed by atoms with Gasteiger partial charge in [0.15, 0.2) is 0 Å². The minimum atomic E-state index is -0.0236. The van der Waals surface area contributed by atoms with E-state index in [1.54, 1.807) is 18.4 Å². The molecule has 0 radical (unpaired) electrons. The Labute approximate surface area is 162 Å². The van der Waals surface area contributed by atoms with Gasteiger partial charge in [-0.2, -0.15) is 0 Å². The molecule has 1 saturated heterocycles. The maximum Gasteiger partial charge on any atom is 0.259 e. The van der Waals surface area contributed by atoms with Crippen LogP contribution in [0.3, 0.4) is 0 Å². The molecule has 27 heavy (non-hydrogen) atoms. The number of methoxy groups -OCH3 is 1. The minimum absolute atomic E-state index is 0.0236. The third-order valence-electron chi connectivity index (χ3n) is 5.26. The second-order valence-electron chi connectivity index (χ2n) is 6.91. The van der Waals surface area contributed by atoms with Crippen LogP contribution in [0.2, 0.25) is 0 Å². The molecule has 0 spiro atoms. The standard InChI is InChI=1S/C20H24N4O2S/c1-13-14(2)27-20-18(13)19(25)21-17(22-20)12-23-8-10-24(11-9-23)15-6-4-5-7-16(15)26-3/h4-7H,8-12H2,1-3H3,(H,21,22,25). The summed E-state index contributed by atoms with van der Waals surface area (Å²) in [5.74, 6) is 1.66. The van der Waals surface area contributed by atoms with Crippen molar-refractivity contribution >= 4 is 27.2 Å². The molecule has 0 atom stereocenters. The van der Waals surface area contributed by atoms with Gasteiger partial charge in [0.25, 0.3) is 5.56 Å². The van der Waals surface area contributed by atoms with Crippen LogP contribution in [-0.4, -0.2) is 48.2 Å². The molecule has 0 saturated carbocycles. The van der Waals surface area contributed by atoms with Crippen LogP contribution < -0.4 is 15.2 Å². The lowest BCUT2D eigenvalue weighted by Gasteiger charge is -2.36. The van der Waals surface area contributed by atoms with E-state index in [0.29, 0.717) is 6.54 Å². The Morgan fingerprint density at radius 2 is 1.93 bits per heavy atom. The Bertz CT molecular complexity index is 1020. The number of anilines is 1. The molecule has 1 aromatic carbocycles. The van der Waals surface area contributed by atoms with Crippen molar-refractivity contribution in [1.82, 2.24) is 14.9 Å². The first kappa shape index (κ1) is 18.0. The molecular weight excluding hydrogens is 360 g/mol. The van der Waals surface area contributed by atoms with Crippen LogP contribution in [0.15, 0.2) is 29.1 Å². The molecule has 0 bridgehead atoms. The minimum Gasteiger partial charge on any atom is -0.495 e. The van der Waals surface area contributed by atoms with Crippen molar-refractivity contribution in [2.45, 2.75) is 20.4 Å². The van der Waals surface area contributed by atoms with Crippen molar-refractivity contribution in [2.75, 3.05) is 38.2 Å². The van der Waals surface area contributed by atoms with E-state index in [2.05, 4.69) is 20.9 Å². The van der Waals surface area contributed by atoms with E-state index in [9.17, 15) is 4.79 Å². The van der Waals surface area contributed by atoms with E-state index >= 15 is 0 Å². The van der Waals surface area contributed by atoms with E-state index < -0.39 is 0 Å². The van der Waals surface area contributed by atoms with Crippen LogP contribution in [-0.2, 0) is 6.54 Å². The average Bonchev–Trinajstić information content (AvgIpc) is 2.96. The molecule has 0 aliphatic carbocycles. The summed E-state index contributed by atoms with van der Waals surface area (Å²) in [6.45, 7) is 8.37. The fourth-order valence-electron chi connectivity index (χ4n) is 3.62. The Morgan fingerprint density at radius 3 is 2.67 bits per heavy atom. The molecule has 7 heteroatoms. The summed E-state index contributed by atoms with van der Waals surface area (Å²) >= 11 is 1.60. The smallest absolute Gasteiger partial charge is 0.259 e. The zero-order valence-corrected chi connectivity index (χ0v) is 16.7. The van der Waals surface area contributed by atoms with Gasteiger partial charge in [-0.3, -0.25) is 9.69 Å². The molecule has 4 rings (SSSR count). The summed E-state index contributed by atoms with van der Waals surface area (Å²) in [5.41, 5.74) is 2.15. The number of H-pyrrole nitrogens is 1. The molecule has 3 aromatic rings. The van der Waals surface area contributed by atoms with Crippen LogP contribution in [0.1, 0.15) is 16.3 Å². The van der Waals surface area contributed by atoms with Crippen LogP contribution in [0.25, 0.3) is 10.2 Å². The molecular formula is C20H24N4O2S. The average molecular weight is 385 g/mol. The number of rotatable bonds is 4. The first-order valence-electron chi connectivity index (χ1n) is 9.16. The zero-order chi connectivity index (χ0) is 19.0. The predicted molar refractivity (Wildman–Crippen MR) is 110 cm³/mol. The van der Waals surface area contributed by atoms with Gasteiger partial charge in [-0.1, -0.05) is 12.1 Å². The summed E-state index contributed by atoms with van der Waals surface area (Å²) in [6.07, 6.45) is 0. The predicted octanol–water partition coefficient (Wildman–Crippen LogP) is 2.93. The number of piperazine rings is 1. The van der Waals surface area contributed by atoms with Crippen LogP contribution in [0.5, 0.6) is 5.75 Å². The SMILES string of the molecule is COc1ccccc1N1CCN(Cc2nc3sc(C)c(C)c3c(=O)[nH]2)CC1. The Morgan fingerprint density at radius 1 is 1.19 bits per heavy atom. The van der Waals surface area contributed by atoms with Crippen LogP contribution in [0.4, 0.5) is 5.69 Å². The molecule has 142 valence electrons. The van der Waals surface area contributed by atoms with Gasteiger partial charge in [0.2, 0.25) is 0 Å². The fraction of sp³-hybridized carbons (Fsp3) is 0.400. The molecule has 1 N–H and O–H groups in total. The lowest BCUT2D eigenvalue weighted by molar-refractivity contribution is 0.243. The summed E-state index contributed by atoms with van der Waals surface area (Å²) in [6, 6.07) is 8.13. The number of thiophene rings is 1. The topological polar surface area (TPSA) is 61.5 Å². The third kappa shape index (κ3) is 3.44. The number of benzene rings is 1. The maximum atomic E-state index is 12.5. The number of hydrogen-bond acceptors (Lipinski definition) is 6. The van der Waals surface area contributed by atoms with Gasteiger partial charge in [-0.05, 0) is 31.5 Å². The summed E-state index contributed by atoms with van der Waals surface area (Å²) in [7, 11) is 1.71. The van der Waals surface area contributed by atoms with Crippen molar-refractivity contribution in [3.8, 4) is 5.75 Å². The molecule has 0 amide bonds. The highest BCUT2D eigenvalue weighted by Gasteiger charge is 2.21. The first-order chi connectivity index (χ1) is 13.1. The summed E-state index contributed by atoms with van der Waals surface area (Å²) < 4.78 is 5.48. The number of ether oxygens (including phenoxy) is 1. The van der Waals surface area contributed by atoms with Crippen molar-refractivity contribution in [2.24, 2.45) is 0 Å². The highest BCUT2D eigenvalue weighted by atomic mass is 32.1. The Hall–Kier alpha value is -2.38. The fourth-order valence-corrected chi connectivity index (χ4v) is 4.67. The first-order valence-corrected chi connectivity index (χ1v) is 9.97. The van der Waals surface area contributed by atoms with E-state index in [-0.39, 0.29) is 5.56 Å². The monoisotopic (exact) mass is 384 g/mol. The molecule has 1 aliphatic heterocycles. The highest BCUT2D eigenvalue weighted by molar-refractivity contribution is 7.18. The van der Waals surface area contributed by atoms with Crippen molar-refractivity contribution in [3.05, 3.63) is 50.9 Å². The molecule has 0 unspecified atom stereocenters. The van der Waals surface area contributed by atoms with Crippen molar-refractivity contribution in [3.63, 3.8) is 0 Å². The largest absolute Gasteiger partial charge is 0.495 e. The lowest BCUT2D eigenvalue weighted by Crippen LogP contribution is -2.46. The summed E-state index contributed by atoms with van der Waals surface area (Å²) in [4.78, 5) is 26.8. The normalized spacial score (nSPS) is 15.4. The molecule has 3 heterocycles. The molecule has 1 fully saturated rings. The zero-order valence-electron chi connectivity index (χ0n) is 15.9. The number of aromatic nitrogens is 2. The van der Waals surface area contributed by atoms with Gasteiger partial charge < -0.3 is 14.6 Å². The van der Waals surface area contributed by atoms with Crippen molar-refractivity contribution in [1.29, 1.82) is 0 Å². The van der Waals surface area contributed by atoms with E-state index in [4.69, 9.17) is 9.72 Å². The Balaban J connectivity index is 1.46. The number of para-hydroxylation sites is 2. The molecule has 1 aliphatic rings. The van der Waals surface area contributed by atoms with E-state index in [1.165, 1.54) is 0 Å². The number of aromatic amines is 1. The van der Waals surface area contributed by atoms with Crippen molar-refractivity contribution < 1.29 is 4.74 Å². The van der Waals surface area contributed by atoms with Gasteiger partial charge in [-0.15, -0.1) is 11.3 Å². The lowest BCUT2D eigenvalue weighted by atomic mass is 10.2. The molecule has 6 nitrogen and oxygen atoms in total. The number of nitrogens with zero attached hydrogens (tertiary/aromatic N) is 3. The van der Waals surface area contributed by atoms with Crippen LogP contribution >= 0.6 is 11.3 Å². The second-order valence-corrected chi connectivity index (χ2v) is 8.11. The maximum absolute atomic E-state index is 12.5. The van der Waals surface area contributed by atoms with Gasteiger partial charge in [0.05, 0.1) is 24.7 Å².